The third-order valence-electron chi connectivity index (χ3n) is 3.37. The molecule has 0 unspecified atom stereocenters. The summed E-state index contributed by atoms with van der Waals surface area (Å²) in [7, 11) is 0. The summed E-state index contributed by atoms with van der Waals surface area (Å²) < 4.78 is 16.9. The maximum Gasteiger partial charge on any atom is 0.309 e. The molecule has 2 aromatic carbocycles. The van der Waals surface area contributed by atoms with Crippen molar-refractivity contribution in [1.82, 2.24) is 5.16 Å². The van der Waals surface area contributed by atoms with Crippen molar-refractivity contribution in [3.8, 4) is 17.1 Å². The van der Waals surface area contributed by atoms with Crippen LogP contribution < -0.4 is 4.74 Å². The number of carbonyl (C=O) groups is 1. The first-order valence-corrected chi connectivity index (χ1v) is 8.55. The Kier molecular flexibility index (Phi) is 5.85. The third kappa shape index (κ3) is 5.19. The van der Waals surface area contributed by atoms with Crippen LogP contribution in [0.1, 0.15) is 12.1 Å². The Bertz CT molecular complexity index is 832. The van der Waals surface area contributed by atoms with E-state index in [0.717, 1.165) is 10.0 Å². The Morgan fingerprint density at radius 2 is 1.92 bits per heavy atom. The minimum Gasteiger partial charge on any atom is -0.493 e. The lowest BCUT2D eigenvalue weighted by atomic mass is 10.2. The van der Waals surface area contributed by atoms with Gasteiger partial charge in [0.2, 0.25) is 0 Å². The van der Waals surface area contributed by atoms with Crippen LogP contribution in [-0.4, -0.2) is 17.7 Å². The van der Waals surface area contributed by atoms with E-state index in [4.69, 9.17) is 14.0 Å². The van der Waals surface area contributed by atoms with Crippen molar-refractivity contribution >= 4 is 21.9 Å². The van der Waals surface area contributed by atoms with Crippen LogP contribution in [0, 0.1) is 0 Å². The topological polar surface area (TPSA) is 61.6 Å². The maximum atomic E-state index is 11.8. The third-order valence-corrected chi connectivity index (χ3v) is 3.86. The maximum absolute atomic E-state index is 11.8. The molecule has 0 bridgehead atoms. The summed E-state index contributed by atoms with van der Waals surface area (Å²) in [5, 5.41) is 3.91. The molecule has 3 rings (SSSR count). The van der Waals surface area contributed by atoms with Crippen molar-refractivity contribution in [2.75, 3.05) is 6.61 Å². The molecule has 0 N–H and O–H groups in total. The largest absolute Gasteiger partial charge is 0.493 e. The Labute approximate surface area is 153 Å². The molecule has 25 heavy (non-hydrogen) atoms. The number of esters is 1. The highest BCUT2D eigenvalue weighted by Crippen LogP contribution is 2.20. The van der Waals surface area contributed by atoms with E-state index in [9.17, 15) is 4.79 Å². The summed E-state index contributed by atoms with van der Waals surface area (Å²) in [4.78, 5) is 11.8. The summed E-state index contributed by atoms with van der Waals surface area (Å²) >= 11 is 3.37. The van der Waals surface area contributed by atoms with E-state index in [1.165, 1.54) is 0 Å². The van der Waals surface area contributed by atoms with Gasteiger partial charge in [-0.05, 0) is 18.2 Å². The molecule has 5 nitrogen and oxygen atoms in total. The molecule has 0 radical (unpaired) electrons. The molecule has 6 heteroatoms. The normalized spacial score (nSPS) is 10.4. The molecule has 1 heterocycles. The molecule has 1 aromatic heterocycles. The van der Waals surface area contributed by atoms with E-state index < -0.39 is 0 Å². The highest BCUT2D eigenvalue weighted by Gasteiger charge is 2.09. The van der Waals surface area contributed by atoms with Crippen LogP contribution in [-0.2, 0) is 16.1 Å². The van der Waals surface area contributed by atoms with E-state index in [1.807, 2.05) is 54.6 Å². The molecule has 0 aliphatic carbocycles. The molecule has 3 aromatic rings. The van der Waals surface area contributed by atoms with Crippen LogP contribution >= 0.6 is 15.9 Å². The van der Waals surface area contributed by atoms with E-state index in [1.54, 1.807) is 6.07 Å². The van der Waals surface area contributed by atoms with Gasteiger partial charge >= 0.3 is 5.97 Å². The van der Waals surface area contributed by atoms with Crippen molar-refractivity contribution < 1.29 is 18.8 Å². The van der Waals surface area contributed by atoms with Gasteiger partial charge in [0.25, 0.3) is 0 Å². The number of benzene rings is 2. The SMILES string of the molecule is O=C(CCOc1cccc(Br)c1)OCc1cc(-c2ccccc2)on1. The molecular formula is C19H16BrNO4. The predicted octanol–water partition coefficient (Wildman–Crippen LogP) is 4.62. The molecule has 0 fully saturated rings. The van der Waals surface area contributed by atoms with Crippen molar-refractivity contribution in [2.24, 2.45) is 0 Å². The number of hydrogen-bond donors (Lipinski definition) is 0. The second-order valence-corrected chi connectivity index (χ2v) is 6.18. The van der Waals surface area contributed by atoms with Crippen molar-refractivity contribution in [1.29, 1.82) is 0 Å². The molecule has 128 valence electrons. The standard InChI is InChI=1S/C19H16BrNO4/c20-15-7-4-8-17(11-15)23-10-9-19(22)24-13-16-12-18(25-21-16)14-5-2-1-3-6-14/h1-8,11-12H,9-10,13H2. The lowest BCUT2D eigenvalue weighted by molar-refractivity contribution is -0.145. The Morgan fingerprint density at radius 1 is 1.08 bits per heavy atom. The van der Waals surface area contributed by atoms with Gasteiger partial charge in [-0.1, -0.05) is 57.5 Å². The Balaban J connectivity index is 1.43. The molecule has 0 spiro atoms. The van der Waals surface area contributed by atoms with Gasteiger partial charge < -0.3 is 14.0 Å². The van der Waals surface area contributed by atoms with Crippen molar-refractivity contribution in [3.63, 3.8) is 0 Å². The van der Waals surface area contributed by atoms with Crippen LogP contribution in [0.2, 0.25) is 0 Å². The molecular weight excluding hydrogens is 386 g/mol. The highest BCUT2D eigenvalue weighted by molar-refractivity contribution is 9.10. The van der Waals surface area contributed by atoms with Gasteiger partial charge in [-0.2, -0.15) is 0 Å². The number of ether oxygens (including phenoxy) is 2. The first kappa shape index (κ1) is 17.2. The Morgan fingerprint density at radius 3 is 2.72 bits per heavy atom. The zero-order chi connectivity index (χ0) is 17.5. The van der Waals surface area contributed by atoms with Gasteiger partial charge in [-0.15, -0.1) is 0 Å². The quantitative estimate of drug-likeness (QED) is 0.540. The summed E-state index contributed by atoms with van der Waals surface area (Å²) in [6.07, 6.45) is 0.163. The summed E-state index contributed by atoms with van der Waals surface area (Å²) in [5.74, 6) is 0.995. The lowest BCUT2D eigenvalue weighted by Crippen LogP contribution is -2.10. The fourth-order valence-electron chi connectivity index (χ4n) is 2.15. The summed E-state index contributed by atoms with van der Waals surface area (Å²) in [6.45, 7) is 0.329. The lowest BCUT2D eigenvalue weighted by Gasteiger charge is -2.06. The molecule has 0 saturated heterocycles. The molecule has 0 saturated carbocycles. The van der Waals surface area contributed by atoms with Gasteiger partial charge in [0.15, 0.2) is 5.76 Å². The molecule has 0 atom stereocenters. The van der Waals surface area contributed by atoms with Crippen molar-refractivity contribution in [2.45, 2.75) is 13.0 Å². The van der Waals surface area contributed by atoms with Crippen LogP contribution in [0.4, 0.5) is 0 Å². The number of aromatic nitrogens is 1. The van der Waals surface area contributed by atoms with E-state index in [-0.39, 0.29) is 25.6 Å². The first-order valence-electron chi connectivity index (χ1n) is 7.76. The molecule has 0 amide bonds. The monoisotopic (exact) mass is 401 g/mol. The Hall–Kier alpha value is -2.60. The number of carbonyl (C=O) groups excluding carboxylic acids is 1. The zero-order valence-corrected chi connectivity index (χ0v) is 14.9. The summed E-state index contributed by atoms with van der Waals surface area (Å²) in [5.41, 5.74) is 1.50. The van der Waals surface area contributed by atoms with Gasteiger partial charge in [0.05, 0.1) is 13.0 Å². The van der Waals surface area contributed by atoms with E-state index >= 15 is 0 Å². The second kappa shape index (κ2) is 8.48. The van der Waals surface area contributed by atoms with Crippen LogP contribution in [0.25, 0.3) is 11.3 Å². The second-order valence-electron chi connectivity index (χ2n) is 5.27. The predicted molar refractivity (Wildman–Crippen MR) is 96.0 cm³/mol. The van der Waals surface area contributed by atoms with Crippen LogP contribution in [0.5, 0.6) is 5.75 Å². The molecule has 0 aliphatic rings. The van der Waals surface area contributed by atoms with Crippen LogP contribution in [0.15, 0.2) is 69.7 Å². The van der Waals surface area contributed by atoms with Crippen molar-refractivity contribution in [3.05, 3.63) is 70.8 Å². The average Bonchev–Trinajstić information content (AvgIpc) is 3.10. The van der Waals surface area contributed by atoms with Gasteiger partial charge in [-0.3, -0.25) is 4.79 Å². The average molecular weight is 402 g/mol. The number of rotatable bonds is 7. The minimum absolute atomic E-state index is 0.0754. The number of hydrogen-bond acceptors (Lipinski definition) is 5. The highest BCUT2D eigenvalue weighted by atomic mass is 79.9. The summed E-state index contributed by atoms with van der Waals surface area (Å²) in [6, 6.07) is 18.8. The van der Waals surface area contributed by atoms with E-state index in [0.29, 0.717) is 17.2 Å². The number of nitrogens with zero attached hydrogens (tertiary/aromatic N) is 1. The number of halogens is 1. The van der Waals surface area contributed by atoms with E-state index in [2.05, 4.69) is 21.1 Å². The smallest absolute Gasteiger partial charge is 0.309 e. The minimum atomic E-state index is -0.348. The van der Waals surface area contributed by atoms with Gasteiger partial charge in [-0.25, -0.2) is 0 Å². The van der Waals surface area contributed by atoms with Crippen LogP contribution in [0.3, 0.4) is 0 Å². The fraction of sp³-hybridized carbons (Fsp3) is 0.158. The molecule has 0 aliphatic heterocycles. The zero-order valence-electron chi connectivity index (χ0n) is 13.4. The fourth-order valence-corrected chi connectivity index (χ4v) is 2.53. The van der Waals surface area contributed by atoms with Gasteiger partial charge in [0.1, 0.15) is 18.1 Å². The van der Waals surface area contributed by atoms with Gasteiger partial charge in [0, 0.05) is 16.1 Å². The first-order chi connectivity index (χ1) is 12.2.